The first-order valence-corrected chi connectivity index (χ1v) is 6.92. The molecule has 0 atom stereocenters. The Morgan fingerprint density at radius 1 is 1.37 bits per heavy atom. The lowest BCUT2D eigenvalue weighted by Gasteiger charge is -2.26. The Bertz CT molecular complexity index is 647. The van der Waals surface area contributed by atoms with E-state index in [1.165, 1.54) is 24.8 Å². The highest BCUT2D eigenvalue weighted by molar-refractivity contribution is 7.71. The smallest absolute Gasteiger partial charge is 0.179 e. The average molecular weight is 272 g/mol. The molecule has 19 heavy (non-hydrogen) atoms. The molecule has 0 aliphatic heterocycles. The molecule has 1 saturated carbocycles. The molecule has 2 aromatic rings. The normalized spacial score (nSPS) is 15.0. The maximum atomic E-state index is 5.37. The average Bonchev–Trinajstić information content (AvgIpc) is 2.37. The van der Waals surface area contributed by atoms with Crippen LogP contribution < -0.4 is 4.74 Å². The minimum atomic E-state index is 0.491. The second-order valence-corrected chi connectivity index (χ2v) is 5.26. The van der Waals surface area contributed by atoms with Gasteiger partial charge in [0.25, 0.3) is 0 Å². The SMILES string of the molecule is COc1c(-c2cccc(C3CCC3)c2)[nH]cnc1=S. The first-order chi connectivity index (χ1) is 9.29. The van der Waals surface area contributed by atoms with Gasteiger partial charge in [-0.2, -0.15) is 0 Å². The zero-order valence-corrected chi connectivity index (χ0v) is 11.7. The van der Waals surface area contributed by atoms with Gasteiger partial charge in [0.05, 0.1) is 19.1 Å². The number of aromatic nitrogens is 2. The second-order valence-electron chi connectivity index (χ2n) is 4.87. The largest absolute Gasteiger partial charge is 0.491 e. The lowest BCUT2D eigenvalue weighted by atomic mass is 9.79. The summed E-state index contributed by atoms with van der Waals surface area (Å²) in [4.78, 5) is 7.20. The molecule has 1 aromatic heterocycles. The Labute approximate surface area is 117 Å². The highest BCUT2D eigenvalue weighted by Crippen LogP contribution is 2.38. The standard InChI is InChI=1S/C15H16N2OS/c1-18-14-13(16-9-17-15(14)19)12-7-3-6-11(8-12)10-4-2-5-10/h3,6-10H,2,4-5H2,1H3,(H,16,17,19). The monoisotopic (exact) mass is 272 g/mol. The summed E-state index contributed by atoms with van der Waals surface area (Å²) in [6, 6.07) is 8.60. The maximum Gasteiger partial charge on any atom is 0.179 e. The van der Waals surface area contributed by atoms with Crippen LogP contribution in [-0.4, -0.2) is 17.1 Å². The molecule has 3 rings (SSSR count). The van der Waals surface area contributed by atoms with Gasteiger partial charge in [-0.3, -0.25) is 0 Å². The van der Waals surface area contributed by atoms with E-state index >= 15 is 0 Å². The molecule has 0 saturated heterocycles. The zero-order chi connectivity index (χ0) is 13.2. The Morgan fingerprint density at radius 2 is 2.21 bits per heavy atom. The van der Waals surface area contributed by atoms with E-state index in [2.05, 4.69) is 34.2 Å². The van der Waals surface area contributed by atoms with Gasteiger partial charge in [0.15, 0.2) is 10.4 Å². The summed E-state index contributed by atoms with van der Waals surface area (Å²) < 4.78 is 5.86. The van der Waals surface area contributed by atoms with Crippen LogP contribution in [0, 0.1) is 4.64 Å². The van der Waals surface area contributed by atoms with E-state index in [0.29, 0.717) is 10.4 Å². The van der Waals surface area contributed by atoms with Crippen molar-refractivity contribution in [1.29, 1.82) is 0 Å². The number of aromatic amines is 1. The third-order valence-electron chi connectivity index (χ3n) is 3.77. The molecule has 1 aromatic carbocycles. The van der Waals surface area contributed by atoms with E-state index in [1.54, 1.807) is 13.4 Å². The minimum absolute atomic E-state index is 0.491. The van der Waals surface area contributed by atoms with Gasteiger partial charge < -0.3 is 9.72 Å². The molecule has 0 bridgehead atoms. The number of rotatable bonds is 3. The van der Waals surface area contributed by atoms with Crippen LogP contribution in [0.5, 0.6) is 5.75 Å². The van der Waals surface area contributed by atoms with Crippen molar-refractivity contribution in [2.24, 2.45) is 0 Å². The molecule has 1 aliphatic rings. The molecule has 1 N–H and O–H groups in total. The fourth-order valence-corrected chi connectivity index (χ4v) is 2.72. The topological polar surface area (TPSA) is 37.9 Å². The summed E-state index contributed by atoms with van der Waals surface area (Å²) in [6.07, 6.45) is 5.56. The van der Waals surface area contributed by atoms with Gasteiger partial charge in [0.2, 0.25) is 0 Å². The molecule has 0 amide bonds. The third-order valence-corrected chi connectivity index (χ3v) is 4.06. The number of hydrogen-bond acceptors (Lipinski definition) is 3. The van der Waals surface area contributed by atoms with Crippen LogP contribution in [0.15, 0.2) is 30.6 Å². The van der Waals surface area contributed by atoms with Crippen LogP contribution in [0.1, 0.15) is 30.7 Å². The predicted octanol–water partition coefficient (Wildman–Crippen LogP) is 4.08. The third kappa shape index (κ3) is 2.28. The molecule has 4 heteroatoms. The lowest BCUT2D eigenvalue weighted by Crippen LogP contribution is -2.08. The first kappa shape index (κ1) is 12.4. The molecular formula is C15H16N2OS. The number of ether oxygens (including phenoxy) is 1. The quantitative estimate of drug-likeness (QED) is 0.855. The fraction of sp³-hybridized carbons (Fsp3) is 0.333. The summed E-state index contributed by atoms with van der Waals surface area (Å²) in [5.74, 6) is 1.36. The van der Waals surface area contributed by atoms with Crippen molar-refractivity contribution < 1.29 is 4.74 Å². The Morgan fingerprint density at radius 3 is 2.89 bits per heavy atom. The van der Waals surface area contributed by atoms with Gasteiger partial charge in [0.1, 0.15) is 0 Å². The maximum absolute atomic E-state index is 5.37. The van der Waals surface area contributed by atoms with Gasteiger partial charge in [-0.15, -0.1) is 0 Å². The van der Waals surface area contributed by atoms with E-state index in [-0.39, 0.29) is 0 Å². The zero-order valence-electron chi connectivity index (χ0n) is 10.8. The van der Waals surface area contributed by atoms with Crippen LogP contribution in [0.2, 0.25) is 0 Å². The number of hydrogen-bond donors (Lipinski definition) is 1. The molecule has 0 unspecified atom stereocenters. The van der Waals surface area contributed by atoms with Crippen molar-refractivity contribution in [3.8, 4) is 17.0 Å². The summed E-state index contributed by atoms with van der Waals surface area (Å²) in [5.41, 5.74) is 3.42. The van der Waals surface area contributed by atoms with E-state index in [0.717, 1.165) is 17.2 Å². The Hall–Kier alpha value is -1.68. The number of benzene rings is 1. The van der Waals surface area contributed by atoms with Crippen LogP contribution in [0.3, 0.4) is 0 Å². The van der Waals surface area contributed by atoms with Crippen molar-refractivity contribution in [3.63, 3.8) is 0 Å². The molecule has 3 nitrogen and oxygen atoms in total. The van der Waals surface area contributed by atoms with Crippen LogP contribution in [0.4, 0.5) is 0 Å². The number of nitrogens with zero attached hydrogens (tertiary/aromatic N) is 1. The van der Waals surface area contributed by atoms with Crippen molar-refractivity contribution in [3.05, 3.63) is 40.8 Å². The van der Waals surface area contributed by atoms with E-state index in [9.17, 15) is 0 Å². The van der Waals surface area contributed by atoms with Gasteiger partial charge in [0, 0.05) is 5.56 Å². The van der Waals surface area contributed by atoms with Crippen molar-refractivity contribution in [2.75, 3.05) is 7.11 Å². The summed E-state index contributed by atoms with van der Waals surface area (Å²) in [7, 11) is 1.62. The first-order valence-electron chi connectivity index (χ1n) is 6.51. The molecule has 1 fully saturated rings. The number of H-pyrrole nitrogens is 1. The van der Waals surface area contributed by atoms with E-state index in [1.807, 2.05) is 0 Å². The lowest BCUT2D eigenvalue weighted by molar-refractivity contribution is 0.410. The number of methoxy groups -OCH3 is 1. The molecule has 1 heterocycles. The van der Waals surface area contributed by atoms with Crippen molar-refractivity contribution in [2.45, 2.75) is 25.2 Å². The van der Waals surface area contributed by atoms with Gasteiger partial charge in [-0.25, -0.2) is 4.98 Å². The van der Waals surface area contributed by atoms with E-state index < -0.39 is 0 Å². The summed E-state index contributed by atoms with van der Waals surface area (Å²) in [6.45, 7) is 0. The van der Waals surface area contributed by atoms with Gasteiger partial charge >= 0.3 is 0 Å². The molecule has 98 valence electrons. The Kier molecular flexibility index (Phi) is 3.34. The fourth-order valence-electron chi connectivity index (χ4n) is 2.48. The predicted molar refractivity (Wildman–Crippen MR) is 78.0 cm³/mol. The second kappa shape index (κ2) is 5.13. The summed E-state index contributed by atoms with van der Waals surface area (Å²) >= 11 is 5.20. The van der Waals surface area contributed by atoms with Crippen molar-refractivity contribution in [1.82, 2.24) is 9.97 Å². The minimum Gasteiger partial charge on any atom is -0.491 e. The van der Waals surface area contributed by atoms with Crippen LogP contribution in [-0.2, 0) is 0 Å². The summed E-state index contributed by atoms with van der Waals surface area (Å²) in [5, 5.41) is 0. The molecule has 1 aliphatic carbocycles. The van der Waals surface area contributed by atoms with E-state index in [4.69, 9.17) is 17.0 Å². The van der Waals surface area contributed by atoms with Crippen LogP contribution >= 0.6 is 12.2 Å². The Balaban J connectivity index is 2.06. The van der Waals surface area contributed by atoms with Crippen molar-refractivity contribution >= 4 is 12.2 Å². The highest BCUT2D eigenvalue weighted by atomic mass is 32.1. The number of nitrogens with one attached hydrogen (secondary N) is 1. The molecular weight excluding hydrogens is 256 g/mol. The van der Waals surface area contributed by atoms with Gasteiger partial charge in [-0.1, -0.05) is 36.8 Å². The highest BCUT2D eigenvalue weighted by Gasteiger charge is 2.20. The van der Waals surface area contributed by atoms with Crippen LogP contribution in [0.25, 0.3) is 11.3 Å². The van der Waals surface area contributed by atoms with Gasteiger partial charge in [-0.05, 0) is 30.4 Å². The molecule has 0 spiro atoms. The molecule has 0 radical (unpaired) electrons.